The number of hydrogen-bond donors (Lipinski definition) is 1. The van der Waals surface area contributed by atoms with Gasteiger partial charge in [-0.1, -0.05) is 6.07 Å². The second-order valence-electron chi connectivity index (χ2n) is 3.06. The molecule has 0 aliphatic rings. The highest BCUT2D eigenvalue weighted by molar-refractivity contribution is 5.87. The van der Waals surface area contributed by atoms with Gasteiger partial charge in [-0.2, -0.15) is 0 Å². The minimum absolute atomic E-state index is 0.130. The van der Waals surface area contributed by atoms with Crippen molar-refractivity contribution in [2.24, 2.45) is 0 Å². The van der Waals surface area contributed by atoms with Gasteiger partial charge in [0, 0.05) is 12.3 Å². The van der Waals surface area contributed by atoms with Crippen LogP contribution in [0, 0.1) is 0 Å². The maximum Gasteiger partial charge on any atom is 0.356 e. The third-order valence-corrected chi connectivity index (χ3v) is 1.88. The summed E-state index contributed by atoms with van der Waals surface area (Å²) in [6.07, 6.45) is 1.32. The summed E-state index contributed by atoms with van der Waals surface area (Å²) in [6.45, 7) is 2.24. The molecule has 0 bridgehead atoms. The summed E-state index contributed by atoms with van der Waals surface area (Å²) in [7, 11) is 0. The molecule has 1 heterocycles. The van der Waals surface area contributed by atoms with Gasteiger partial charge in [0.1, 0.15) is 5.69 Å². The molecule has 0 atom stereocenters. The average molecular weight is 209 g/mol. The first-order chi connectivity index (χ1) is 7.27. The van der Waals surface area contributed by atoms with Crippen molar-refractivity contribution < 1.29 is 14.6 Å². The fourth-order valence-electron chi connectivity index (χ4n) is 1.20. The van der Waals surface area contributed by atoms with Crippen LogP contribution in [0.5, 0.6) is 0 Å². The van der Waals surface area contributed by atoms with E-state index in [0.717, 1.165) is 5.69 Å². The van der Waals surface area contributed by atoms with Crippen molar-refractivity contribution in [3.05, 3.63) is 29.6 Å². The van der Waals surface area contributed by atoms with Gasteiger partial charge in [-0.25, -0.2) is 9.78 Å². The second kappa shape index (κ2) is 6.14. The number of aromatic nitrogens is 1. The molecule has 0 aliphatic carbocycles. The molecule has 0 saturated heterocycles. The topological polar surface area (TPSA) is 59.4 Å². The molecule has 0 radical (unpaired) electrons. The van der Waals surface area contributed by atoms with Crippen LogP contribution in [0.15, 0.2) is 18.2 Å². The molecule has 1 aromatic rings. The van der Waals surface area contributed by atoms with E-state index in [9.17, 15) is 4.79 Å². The number of hydrogen-bond acceptors (Lipinski definition) is 4. The van der Waals surface area contributed by atoms with E-state index in [1.54, 1.807) is 19.1 Å². The summed E-state index contributed by atoms with van der Waals surface area (Å²) < 4.78 is 4.84. The Labute approximate surface area is 88.9 Å². The van der Waals surface area contributed by atoms with E-state index in [4.69, 9.17) is 9.84 Å². The lowest BCUT2D eigenvalue weighted by Crippen LogP contribution is -2.08. The third kappa shape index (κ3) is 3.67. The molecule has 0 amide bonds. The van der Waals surface area contributed by atoms with E-state index in [1.807, 2.05) is 6.07 Å². The minimum atomic E-state index is -0.400. The average Bonchev–Trinajstić information content (AvgIpc) is 2.27. The first-order valence-electron chi connectivity index (χ1n) is 5.02. The molecule has 0 unspecified atom stereocenters. The van der Waals surface area contributed by atoms with Crippen LogP contribution in [0.3, 0.4) is 0 Å². The number of rotatable bonds is 5. The Morgan fingerprint density at radius 3 is 3.00 bits per heavy atom. The normalized spacial score (nSPS) is 10.0. The van der Waals surface area contributed by atoms with Crippen LogP contribution in [-0.4, -0.2) is 29.3 Å². The van der Waals surface area contributed by atoms with Gasteiger partial charge in [-0.3, -0.25) is 0 Å². The van der Waals surface area contributed by atoms with Gasteiger partial charge in [-0.05, 0) is 31.9 Å². The summed E-state index contributed by atoms with van der Waals surface area (Å²) in [5.41, 5.74) is 1.13. The summed E-state index contributed by atoms with van der Waals surface area (Å²) in [6, 6.07) is 5.23. The van der Waals surface area contributed by atoms with Crippen molar-refractivity contribution in [2.75, 3.05) is 13.2 Å². The smallest absolute Gasteiger partial charge is 0.356 e. The second-order valence-corrected chi connectivity index (χ2v) is 3.06. The lowest BCUT2D eigenvalue weighted by molar-refractivity contribution is 0.0519. The largest absolute Gasteiger partial charge is 0.461 e. The highest BCUT2D eigenvalue weighted by atomic mass is 16.5. The van der Waals surface area contributed by atoms with E-state index in [0.29, 0.717) is 25.1 Å². The number of pyridine rings is 1. The standard InChI is InChI=1S/C11H15NO3/c1-2-15-11(14)10-7-3-5-9(12-10)6-4-8-13/h3,5,7,13H,2,4,6,8H2,1H3. The number of aliphatic hydroxyl groups is 1. The molecule has 15 heavy (non-hydrogen) atoms. The van der Waals surface area contributed by atoms with Gasteiger partial charge in [0.05, 0.1) is 6.61 Å². The van der Waals surface area contributed by atoms with Gasteiger partial charge in [0.2, 0.25) is 0 Å². The van der Waals surface area contributed by atoms with Crippen LogP contribution in [0.1, 0.15) is 29.5 Å². The molecule has 1 rings (SSSR count). The van der Waals surface area contributed by atoms with Crippen molar-refractivity contribution in [3.8, 4) is 0 Å². The Morgan fingerprint density at radius 1 is 1.53 bits per heavy atom. The molecule has 0 fully saturated rings. The van der Waals surface area contributed by atoms with Gasteiger partial charge in [0.15, 0.2) is 0 Å². The van der Waals surface area contributed by atoms with E-state index in [-0.39, 0.29) is 6.61 Å². The van der Waals surface area contributed by atoms with E-state index < -0.39 is 5.97 Å². The number of carbonyl (C=O) groups excluding carboxylic acids is 1. The molecule has 1 aromatic heterocycles. The van der Waals surface area contributed by atoms with Crippen molar-refractivity contribution in [2.45, 2.75) is 19.8 Å². The fraction of sp³-hybridized carbons (Fsp3) is 0.455. The zero-order valence-electron chi connectivity index (χ0n) is 8.77. The molecule has 82 valence electrons. The molecule has 4 nitrogen and oxygen atoms in total. The lowest BCUT2D eigenvalue weighted by Gasteiger charge is -2.03. The molecular formula is C11H15NO3. The molecule has 0 aromatic carbocycles. The van der Waals surface area contributed by atoms with Crippen LogP contribution in [-0.2, 0) is 11.2 Å². The Morgan fingerprint density at radius 2 is 2.33 bits per heavy atom. The number of ether oxygens (including phenoxy) is 1. The molecule has 0 spiro atoms. The zero-order valence-corrected chi connectivity index (χ0v) is 8.77. The summed E-state index contributed by atoms with van der Waals surface area (Å²) in [4.78, 5) is 15.5. The quantitative estimate of drug-likeness (QED) is 0.740. The Balaban J connectivity index is 2.69. The number of aliphatic hydroxyl groups excluding tert-OH is 1. The molecule has 4 heteroatoms. The minimum Gasteiger partial charge on any atom is -0.461 e. The van der Waals surface area contributed by atoms with Gasteiger partial charge < -0.3 is 9.84 Å². The monoisotopic (exact) mass is 209 g/mol. The predicted octanol–water partition coefficient (Wildman–Crippen LogP) is 1.18. The lowest BCUT2D eigenvalue weighted by atomic mass is 10.2. The van der Waals surface area contributed by atoms with Crippen LogP contribution < -0.4 is 0 Å². The zero-order chi connectivity index (χ0) is 11.1. The first kappa shape index (κ1) is 11.7. The van der Waals surface area contributed by atoms with Crippen LogP contribution >= 0.6 is 0 Å². The van der Waals surface area contributed by atoms with Crippen molar-refractivity contribution >= 4 is 5.97 Å². The van der Waals surface area contributed by atoms with Crippen molar-refractivity contribution in [3.63, 3.8) is 0 Å². The maximum atomic E-state index is 11.3. The van der Waals surface area contributed by atoms with Crippen LogP contribution in [0.4, 0.5) is 0 Å². The van der Waals surface area contributed by atoms with E-state index in [2.05, 4.69) is 4.98 Å². The maximum absolute atomic E-state index is 11.3. The first-order valence-corrected chi connectivity index (χ1v) is 5.02. The number of aryl methyl sites for hydroxylation is 1. The van der Waals surface area contributed by atoms with Crippen molar-refractivity contribution in [1.29, 1.82) is 0 Å². The third-order valence-electron chi connectivity index (χ3n) is 1.88. The summed E-state index contributed by atoms with van der Waals surface area (Å²) in [5.74, 6) is -0.400. The van der Waals surface area contributed by atoms with Gasteiger partial charge in [0.25, 0.3) is 0 Å². The fourth-order valence-corrected chi connectivity index (χ4v) is 1.20. The van der Waals surface area contributed by atoms with Crippen LogP contribution in [0.2, 0.25) is 0 Å². The SMILES string of the molecule is CCOC(=O)c1cccc(CCCO)n1. The number of carbonyl (C=O) groups is 1. The Hall–Kier alpha value is -1.42. The molecular weight excluding hydrogens is 194 g/mol. The highest BCUT2D eigenvalue weighted by Crippen LogP contribution is 2.03. The number of nitrogens with zero attached hydrogens (tertiary/aromatic N) is 1. The highest BCUT2D eigenvalue weighted by Gasteiger charge is 2.07. The predicted molar refractivity (Wildman–Crippen MR) is 55.6 cm³/mol. The summed E-state index contributed by atoms with van der Waals surface area (Å²) in [5, 5.41) is 8.67. The van der Waals surface area contributed by atoms with Crippen molar-refractivity contribution in [1.82, 2.24) is 4.98 Å². The molecule has 1 N–H and O–H groups in total. The van der Waals surface area contributed by atoms with Gasteiger partial charge >= 0.3 is 5.97 Å². The van der Waals surface area contributed by atoms with E-state index >= 15 is 0 Å². The molecule has 0 aliphatic heterocycles. The molecule has 0 saturated carbocycles. The summed E-state index contributed by atoms with van der Waals surface area (Å²) >= 11 is 0. The Kier molecular flexibility index (Phi) is 4.77. The van der Waals surface area contributed by atoms with Gasteiger partial charge in [-0.15, -0.1) is 0 Å². The Bertz CT molecular complexity index is 325. The van der Waals surface area contributed by atoms with Crippen LogP contribution in [0.25, 0.3) is 0 Å². The number of esters is 1. The van der Waals surface area contributed by atoms with E-state index in [1.165, 1.54) is 0 Å².